The molecule has 0 unspecified atom stereocenters. The molecule has 150 valence electrons. The molecule has 0 saturated heterocycles. The van der Waals surface area contributed by atoms with Crippen molar-refractivity contribution in [3.05, 3.63) is 21.5 Å². The lowest BCUT2D eigenvalue weighted by Gasteiger charge is -2.21. The molecule has 2 aromatic heterocycles. The zero-order valence-corrected chi connectivity index (χ0v) is 18.5. The number of nitrogen functional groups attached to an aromatic ring is 1. The average molecular weight is 457 g/mol. The first-order chi connectivity index (χ1) is 13.1. The molecule has 8 heteroatoms. The van der Waals surface area contributed by atoms with Gasteiger partial charge in [0.15, 0.2) is 0 Å². The van der Waals surface area contributed by atoms with Crippen LogP contribution in [0.15, 0.2) is 20.4 Å². The molecule has 0 aromatic carbocycles. The summed E-state index contributed by atoms with van der Waals surface area (Å²) < 4.78 is 6.03. The molecule has 0 bridgehead atoms. The van der Waals surface area contributed by atoms with Crippen LogP contribution in [0.3, 0.4) is 0 Å². The van der Waals surface area contributed by atoms with Crippen LogP contribution in [0.5, 0.6) is 0 Å². The minimum atomic E-state index is -0.234. The normalized spacial score (nSPS) is 11.3. The summed E-state index contributed by atoms with van der Waals surface area (Å²) in [6, 6.07) is 3.80. The number of nitrogens with one attached hydrogen (secondary N) is 1. The van der Waals surface area contributed by atoms with Crippen LogP contribution in [-0.4, -0.2) is 42.1 Å². The average Bonchev–Trinajstić information content (AvgIpc) is 3.25. The first-order valence-electron chi connectivity index (χ1n) is 9.58. The predicted molar refractivity (Wildman–Crippen MR) is 115 cm³/mol. The fourth-order valence-electron chi connectivity index (χ4n) is 2.82. The second-order valence-corrected chi connectivity index (χ2v) is 9.00. The van der Waals surface area contributed by atoms with Gasteiger partial charge in [0.25, 0.3) is 5.91 Å². The van der Waals surface area contributed by atoms with Crippen molar-refractivity contribution in [1.29, 1.82) is 0 Å². The number of aromatic nitrogens is 1. The zero-order chi connectivity index (χ0) is 19.6. The highest BCUT2D eigenvalue weighted by Gasteiger charge is 2.23. The van der Waals surface area contributed by atoms with Crippen LogP contribution in [-0.2, 0) is 0 Å². The number of unbranched alkanes of at least 4 members (excludes halogenated alkanes) is 2. The molecule has 3 N–H and O–H groups in total. The van der Waals surface area contributed by atoms with E-state index in [9.17, 15) is 4.79 Å². The van der Waals surface area contributed by atoms with Crippen LogP contribution in [0.25, 0.3) is 10.6 Å². The van der Waals surface area contributed by atoms with E-state index < -0.39 is 0 Å². The smallest absolute Gasteiger partial charge is 0.259 e. The van der Waals surface area contributed by atoms with Crippen molar-refractivity contribution in [1.82, 2.24) is 15.4 Å². The van der Waals surface area contributed by atoms with E-state index in [0.29, 0.717) is 17.8 Å². The van der Waals surface area contributed by atoms with Crippen molar-refractivity contribution in [2.75, 3.05) is 31.9 Å². The van der Waals surface area contributed by atoms with Crippen molar-refractivity contribution >= 4 is 39.1 Å². The number of amides is 1. The Labute approximate surface area is 173 Å². The lowest BCUT2D eigenvalue weighted by Crippen LogP contribution is -2.31. The van der Waals surface area contributed by atoms with Crippen molar-refractivity contribution in [3.8, 4) is 10.6 Å². The summed E-state index contributed by atoms with van der Waals surface area (Å²) in [4.78, 5) is 15.9. The minimum absolute atomic E-state index is 0.0551. The van der Waals surface area contributed by atoms with Gasteiger partial charge in [-0.1, -0.05) is 31.8 Å². The molecule has 0 spiro atoms. The highest BCUT2D eigenvalue weighted by molar-refractivity contribution is 9.11. The quantitative estimate of drug-likeness (QED) is 0.449. The molecule has 0 fully saturated rings. The number of thiophene rings is 1. The lowest BCUT2D eigenvalue weighted by molar-refractivity contribution is 0.0952. The van der Waals surface area contributed by atoms with E-state index in [-0.39, 0.29) is 11.8 Å². The summed E-state index contributed by atoms with van der Waals surface area (Å²) in [5.41, 5.74) is 6.65. The number of anilines is 1. The summed E-state index contributed by atoms with van der Waals surface area (Å²) in [6.07, 6.45) is 5.74. The molecule has 27 heavy (non-hydrogen) atoms. The van der Waals surface area contributed by atoms with Gasteiger partial charge in [-0.2, -0.15) is 0 Å². The van der Waals surface area contributed by atoms with Crippen molar-refractivity contribution in [2.24, 2.45) is 0 Å². The molecule has 2 aromatic rings. The maximum atomic E-state index is 12.6. The third-order valence-corrected chi connectivity index (χ3v) is 5.97. The van der Waals surface area contributed by atoms with E-state index in [1.165, 1.54) is 37.0 Å². The van der Waals surface area contributed by atoms with Crippen LogP contribution in [0, 0.1) is 0 Å². The number of nitrogens with two attached hydrogens (primary N) is 1. The van der Waals surface area contributed by atoms with Crippen LogP contribution < -0.4 is 11.1 Å². The fraction of sp³-hybridized carbons (Fsp3) is 0.579. The molecular weight excluding hydrogens is 428 g/mol. The van der Waals surface area contributed by atoms with Crippen LogP contribution in [0.1, 0.15) is 56.3 Å². The second-order valence-electron chi connectivity index (χ2n) is 6.53. The highest BCUT2D eigenvalue weighted by Crippen LogP contribution is 2.34. The Morgan fingerprint density at radius 1 is 1.22 bits per heavy atom. The Morgan fingerprint density at radius 2 is 1.89 bits per heavy atom. The Hall–Kier alpha value is -1.38. The maximum Gasteiger partial charge on any atom is 0.259 e. The third-order valence-electron chi connectivity index (χ3n) is 4.34. The van der Waals surface area contributed by atoms with E-state index in [4.69, 9.17) is 10.3 Å². The molecule has 0 aliphatic carbocycles. The first-order valence-corrected chi connectivity index (χ1v) is 11.2. The Morgan fingerprint density at radius 3 is 2.48 bits per heavy atom. The van der Waals surface area contributed by atoms with Gasteiger partial charge in [-0.15, -0.1) is 11.3 Å². The SMILES string of the molecule is CCCCN(CCCC)CCCNC(=O)c1c(-c2ccc(Br)s2)noc1N. The molecular formula is C19H29BrN4O2S. The molecule has 0 aliphatic heterocycles. The van der Waals surface area contributed by atoms with E-state index in [1.54, 1.807) is 0 Å². The monoisotopic (exact) mass is 456 g/mol. The van der Waals surface area contributed by atoms with Gasteiger partial charge in [-0.3, -0.25) is 4.79 Å². The first kappa shape index (κ1) is 21.9. The largest absolute Gasteiger partial charge is 0.367 e. The minimum Gasteiger partial charge on any atom is -0.367 e. The summed E-state index contributed by atoms with van der Waals surface area (Å²) in [6.45, 7) is 8.27. The van der Waals surface area contributed by atoms with Gasteiger partial charge in [0.1, 0.15) is 11.3 Å². The summed E-state index contributed by atoms with van der Waals surface area (Å²) in [7, 11) is 0. The molecule has 2 rings (SSSR count). The standard InChI is InChI=1S/C19H29BrN4O2S/c1-3-5-11-24(12-6-4-2)13-7-10-22-19(25)16-17(23-26-18(16)21)14-8-9-15(20)27-14/h8-9H,3-7,10-13,21H2,1-2H3,(H,22,25). The van der Waals surface area contributed by atoms with Gasteiger partial charge in [0, 0.05) is 6.54 Å². The number of halogens is 1. The fourth-order valence-corrected chi connectivity index (χ4v) is 4.20. The number of carbonyl (C=O) groups excluding carboxylic acids is 1. The Bertz CT molecular complexity index is 708. The number of hydrogen-bond donors (Lipinski definition) is 2. The van der Waals surface area contributed by atoms with Crippen molar-refractivity contribution in [2.45, 2.75) is 46.0 Å². The maximum absolute atomic E-state index is 12.6. The zero-order valence-electron chi connectivity index (χ0n) is 16.1. The lowest BCUT2D eigenvalue weighted by atomic mass is 10.2. The van der Waals surface area contributed by atoms with Gasteiger partial charge in [-0.25, -0.2) is 0 Å². The topological polar surface area (TPSA) is 84.4 Å². The Kier molecular flexibility index (Phi) is 9.30. The third kappa shape index (κ3) is 6.62. The van der Waals surface area contributed by atoms with Crippen LogP contribution >= 0.6 is 27.3 Å². The highest BCUT2D eigenvalue weighted by atomic mass is 79.9. The predicted octanol–water partition coefficient (Wildman–Crippen LogP) is 4.77. The number of nitrogens with zero attached hydrogens (tertiary/aromatic N) is 2. The van der Waals surface area contributed by atoms with E-state index in [2.05, 4.69) is 45.2 Å². The Balaban J connectivity index is 1.88. The van der Waals surface area contributed by atoms with Crippen LogP contribution in [0.4, 0.5) is 5.88 Å². The van der Waals surface area contributed by atoms with Crippen molar-refractivity contribution < 1.29 is 9.32 Å². The van der Waals surface area contributed by atoms with E-state index in [0.717, 1.165) is 34.7 Å². The molecule has 6 nitrogen and oxygen atoms in total. The summed E-state index contributed by atoms with van der Waals surface area (Å²) in [5.74, 6) is -0.179. The van der Waals surface area contributed by atoms with Gasteiger partial charge < -0.3 is 20.5 Å². The number of rotatable bonds is 12. The van der Waals surface area contributed by atoms with Crippen molar-refractivity contribution in [3.63, 3.8) is 0 Å². The summed E-state index contributed by atoms with van der Waals surface area (Å²) in [5, 5.41) is 6.92. The molecule has 0 aliphatic rings. The van der Waals surface area contributed by atoms with Gasteiger partial charge >= 0.3 is 0 Å². The van der Waals surface area contributed by atoms with Crippen LogP contribution in [0.2, 0.25) is 0 Å². The van der Waals surface area contributed by atoms with Gasteiger partial charge in [0.05, 0.1) is 8.66 Å². The molecule has 1 amide bonds. The van der Waals surface area contributed by atoms with Gasteiger partial charge in [0.2, 0.25) is 5.88 Å². The van der Waals surface area contributed by atoms with E-state index >= 15 is 0 Å². The second kappa shape index (κ2) is 11.5. The number of carbonyl (C=O) groups is 1. The van der Waals surface area contributed by atoms with Gasteiger partial charge in [-0.05, 0) is 67.0 Å². The molecule has 0 saturated carbocycles. The summed E-state index contributed by atoms with van der Waals surface area (Å²) >= 11 is 4.91. The molecule has 2 heterocycles. The molecule has 0 atom stereocenters. The van der Waals surface area contributed by atoms with E-state index in [1.807, 2.05) is 12.1 Å². The number of hydrogen-bond acceptors (Lipinski definition) is 6. The molecule has 0 radical (unpaired) electrons.